The third-order valence-electron chi connectivity index (χ3n) is 13.4. The van der Waals surface area contributed by atoms with Gasteiger partial charge in [-0.05, 0) is 89.9 Å². The maximum atomic E-state index is 12.8. The summed E-state index contributed by atoms with van der Waals surface area (Å²) in [6.07, 6.45) is 77.9. The van der Waals surface area contributed by atoms with Crippen molar-refractivity contribution in [1.29, 1.82) is 0 Å². The molecular weight excluding hydrogens is 889 g/mol. The van der Waals surface area contributed by atoms with Gasteiger partial charge in [0.2, 0.25) is 0 Å². The van der Waals surface area contributed by atoms with E-state index in [1.807, 2.05) is 0 Å². The van der Waals surface area contributed by atoms with Gasteiger partial charge in [0.15, 0.2) is 6.10 Å². The van der Waals surface area contributed by atoms with Crippen LogP contribution in [0.5, 0.6) is 0 Å². The Bertz CT molecular complexity index is 1340. The molecule has 0 aliphatic carbocycles. The highest BCUT2D eigenvalue weighted by molar-refractivity contribution is 5.71. The number of carbonyl (C=O) groups excluding carboxylic acids is 3. The third-order valence-corrected chi connectivity index (χ3v) is 13.4. The van der Waals surface area contributed by atoms with Gasteiger partial charge >= 0.3 is 17.9 Å². The minimum atomic E-state index is -0.774. The Kier molecular flexibility index (Phi) is 57.8. The molecule has 1 atom stereocenters. The molecule has 6 heteroatoms. The highest BCUT2D eigenvalue weighted by atomic mass is 16.6. The predicted molar refractivity (Wildman–Crippen MR) is 311 cm³/mol. The van der Waals surface area contributed by atoms with Crippen LogP contribution in [0, 0.1) is 0 Å². The third kappa shape index (κ3) is 57.7. The zero-order valence-corrected chi connectivity index (χ0v) is 47.7. The van der Waals surface area contributed by atoms with Crippen LogP contribution < -0.4 is 0 Å². The number of carbonyl (C=O) groups is 3. The molecule has 0 amide bonds. The van der Waals surface area contributed by atoms with Crippen LogP contribution >= 0.6 is 0 Å². The van der Waals surface area contributed by atoms with Crippen molar-refractivity contribution in [2.24, 2.45) is 0 Å². The van der Waals surface area contributed by atoms with Crippen molar-refractivity contribution >= 4 is 17.9 Å². The van der Waals surface area contributed by atoms with Crippen molar-refractivity contribution in [2.75, 3.05) is 13.2 Å². The second-order valence-corrected chi connectivity index (χ2v) is 20.6. The molecule has 1 unspecified atom stereocenters. The molecule has 0 bridgehead atoms. The molecular formula is C66H116O6. The van der Waals surface area contributed by atoms with Crippen molar-refractivity contribution in [2.45, 2.75) is 316 Å². The van der Waals surface area contributed by atoms with Crippen molar-refractivity contribution < 1.29 is 28.6 Å². The first kappa shape index (κ1) is 68.8. The summed E-state index contributed by atoms with van der Waals surface area (Å²) in [4.78, 5) is 38.0. The summed E-state index contributed by atoms with van der Waals surface area (Å²) in [5, 5.41) is 0. The van der Waals surface area contributed by atoms with Crippen LogP contribution in [0.25, 0.3) is 0 Å². The lowest BCUT2D eigenvalue weighted by Crippen LogP contribution is -2.30. The van der Waals surface area contributed by atoms with E-state index in [1.54, 1.807) is 0 Å². The van der Waals surface area contributed by atoms with E-state index >= 15 is 0 Å². The zero-order chi connectivity index (χ0) is 52.2. The summed E-state index contributed by atoms with van der Waals surface area (Å²) in [5.41, 5.74) is 0. The van der Waals surface area contributed by atoms with E-state index in [1.165, 1.54) is 180 Å². The fourth-order valence-electron chi connectivity index (χ4n) is 8.82. The average Bonchev–Trinajstić information content (AvgIpc) is 3.38. The summed E-state index contributed by atoms with van der Waals surface area (Å²) in [6, 6.07) is 0. The second-order valence-electron chi connectivity index (χ2n) is 20.6. The van der Waals surface area contributed by atoms with Crippen molar-refractivity contribution in [3.8, 4) is 0 Å². The van der Waals surface area contributed by atoms with Crippen LogP contribution in [0.4, 0.5) is 0 Å². The molecule has 72 heavy (non-hydrogen) atoms. The lowest BCUT2D eigenvalue weighted by molar-refractivity contribution is -0.167. The minimum Gasteiger partial charge on any atom is -0.462 e. The molecule has 0 radical (unpaired) electrons. The highest BCUT2D eigenvalue weighted by Crippen LogP contribution is 2.16. The maximum Gasteiger partial charge on any atom is 0.306 e. The van der Waals surface area contributed by atoms with E-state index in [2.05, 4.69) is 93.7 Å². The van der Waals surface area contributed by atoms with Gasteiger partial charge in [0.1, 0.15) is 13.2 Å². The van der Waals surface area contributed by atoms with Gasteiger partial charge in [-0.2, -0.15) is 0 Å². The lowest BCUT2D eigenvalue weighted by Gasteiger charge is -2.18. The summed E-state index contributed by atoms with van der Waals surface area (Å²) >= 11 is 0. The summed E-state index contributed by atoms with van der Waals surface area (Å²) in [7, 11) is 0. The number of esters is 3. The standard InChI is InChI=1S/C66H116O6/c1-4-7-10-13-16-18-20-22-24-26-28-29-30-31-32-33-34-35-36-37-38-40-41-43-45-47-50-53-56-59-65(68)71-62-63(61-70-64(67)58-55-52-49-15-12-9-6-3)72-66(69)60-57-54-51-48-46-44-42-39-27-25-23-21-19-17-14-11-8-5-2/h7,10,16,18,22,24-25,27-29,31-32,63H,4-6,8-9,11-15,17,19-21,23,26,30,33-62H2,1-3H3/b10-7-,18-16-,24-22-,27-25-,29-28-,32-31-. The maximum absolute atomic E-state index is 12.8. The Morgan fingerprint density at radius 2 is 0.542 bits per heavy atom. The number of hydrogen-bond acceptors (Lipinski definition) is 6. The summed E-state index contributed by atoms with van der Waals surface area (Å²) in [5.74, 6) is -0.875. The minimum absolute atomic E-state index is 0.0743. The molecule has 0 aromatic heterocycles. The number of ether oxygens (including phenoxy) is 3. The summed E-state index contributed by atoms with van der Waals surface area (Å²) < 4.78 is 16.8. The second kappa shape index (κ2) is 60.4. The largest absolute Gasteiger partial charge is 0.462 e. The zero-order valence-electron chi connectivity index (χ0n) is 47.7. The molecule has 416 valence electrons. The monoisotopic (exact) mass is 1000 g/mol. The van der Waals surface area contributed by atoms with Gasteiger partial charge in [0, 0.05) is 19.3 Å². The van der Waals surface area contributed by atoms with E-state index in [0.717, 1.165) is 89.9 Å². The Labute approximate surface area is 446 Å². The summed E-state index contributed by atoms with van der Waals surface area (Å²) in [6.45, 7) is 6.51. The van der Waals surface area contributed by atoms with Gasteiger partial charge in [0.05, 0.1) is 0 Å². The molecule has 0 spiro atoms. The van der Waals surface area contributed by atoms with Crippen molar-refractivity contribution in [3.05, 3.63) is 72.9 Å². The van der Waals surface area contributed by atoms with Crippen LogP contribution in [0.15, 0.2) is 72.9 Å². The number of rotatable bonds is 56. The topological polar surface area (TPSA) is 78.9 Å². The Balaban J connectivity index is 4.10. The molecule has 0 aliphatic rings. The fraction of sp³-hybridized carbons (Fsp3) is 0.773. The normalized spacial score (nSPS) is 12.5. The van der Waals surface area contributed by atoms with E-state index in [4.69, 9.17) is 14.2 Å². The van der Waals surface area contributed by atoms with Gasteiger partial charge in [-0.3, -0.25) is 14.4 Å². The van der Waals surface area contributed by atoms with E-state index < -0.39 is 6.10 Å². The highest BCUT2D eigenvalue weighted by Gasteiger charge is 2.19. The smallest absolute Gasteiger partial charge is 0.306 e. The van der Waals surface area contributed by atoms with Crippen molar-refractivity contribution in [1.82, 2.24) is 0 Å². The first-order valence-corrected chi connectivity index (χ1v) is 30.9. The van der Waals surface area contributed by atoms with Gasteiger partial charge in [-0.1, -0.05) is 273 Å². The molecule has 0 rings (SSSR count). The molecule has 6 nitrogen and oxygen atoms in total. The van der Waals surface area contributed by atoms with Crippen molar-refractivity contribution in [3.63, 3.8) is 0 Å². The average molecular weight is 1010 g/mol. The predicted octanol–water partition coefficient (Wildman–Crippen LogP) is 20.9. The molecule has 0 heterocycles. The van der Waals surface area contributed by atoms with Crippen LogP contribution in [0.2, 0.25) is 0 Å². The van der Waals surface area contributed by atoms with Crippen LogP contribution in [0.3, 0.4) is 0 Å². The molecule has 0 saturated heterocycles. The SMILES string of the molecule is CC/C=C\C/C=C\C/C=C\C/C=C\C/C=C\CCCCCCCCCCCCCCCC(=O)OCC(COC(=O)CCCCCCCCC)OC(=O)CCCCCCCCC/C=C\CCCCCCCCC. The van der Waals surface area contributed by atoms with E-state index in [0.29, 0.717) is 19.3 Å². The Morgan fingerprint density at radius 1 is 0.292 bits per heavy atom. The van der Waals surface area contributed by atoms with Crippen LogP contribution in [-0.4, -0.2) is 37.2 Å². The van der Waals surface area contributed by atoms with E-state index in [9.17, 15) is 14.4 Å². The lowest BCUT2D eigenvalue weighted by atomic mass is 10.0. The molecule has 0 N–H and O–H groups in total. The Hall–Kier alpha value is -3.15. The fourth-order valence-corrected chi connectivity index (χ4v) is 8.82. The van der Waals surface area contributed by atoms with Gasteiger partial charge < -0.3 is 14.2 Å². The quantitative estimate of drug-likeness (QED) is 0.0261. The Morgan fingerprint density at radius 3 is 0.861 bits per heavy atom. The molecule has 0 aliphatic heterocycles. The molecule has 0 saturated carbocycles. The van der Waals surface area contributed by atoms with E-state index in [-0.39, 0.29) is 31.1 Å². The van der Waals surface area contributed by atoms with Gasteiger partial charge in [-0.25, -0.2) is 0 Å². The molecule has 0 aromatic carbocycles. The number of hydrogen-bond donors (Lipinski definition) is 0. The first-order chi connectivity index (χ1) is 35.5. The number of unbranched alkanes of at least 4 members (excludes halogenated alkanes) is 33. The molecule has 0 aromatic rings. The van der Waals surface area contributed by atoms with Crippen LogP contribution in [0.1, 0.15) is 310 Å². The van der Waals surface area contributed by atoms with Crippen LogP contribution in [-0.2, 0) is 28.6 Å². The van der Waals surface area contributed by atoms with Gasteiger partial charge in [-0.15, -0.1) is 0 Å². The van der Waals surface area contributed by atoms with Gasteiger partial charge in [0.25, 0.3) is 0 Å². The first-order valence-electron chi connectivity index (χ1n) is 30.9. The number of allylic oxidation sites excluding steroid dienone is 12. The molecule has 0 fully saturated rings.